The lowest BCUT2D eigenvalue weighted by molar-refractivity contribution is -0.129. The van der Waals surface area contributed by atoms with E-state index in [9.17, 15) is 9.90 Å². The Morgan fingerprint density at radius 1 is 0.706 bits per heavy atom. The van der Waals surface area contributed by atoms with Crippen LogP contribution in [0.2, 0.25) is 0 Å². The fraction of sp³-hybridized carbons (Fsp3) is 0.516. The first-order valence-electron chi connectivity index (χ1n) is 12.1. The van der Waals surface area contributed by atoms with Crippen molar-refractivity contribution >= 4 is 5.97 Å². The van der Waals surface area contributed by atoms with Crippen molar-refractivity contribution in [2.24, 2.45) is 0 Å². The Hall–Kier alpha value is -2.55. The number of rotatable bonds is 3. The molecule has 2 aromatic carbocycles. The van der Waals surface area contributed by atoms with Gasteiger partial charge in [-0.15, -0.1) is 0 Å². The number of phenolic OH excluding ortho intramolecular Hbond substituents is 1. The molecule has 0 atom stereocenters. The Morgan fingerprint density at radius 2 is 1.12 bits per heavy atom. The average molecular weight is 465 g/mol. The van der Waals surface area contributed by atoms with E-state index in [4.69, 9.17) is 4.74 Å². The van der Waals surface area contributed by atoms with Gasteiger partial charge < -0.3 is 9.84 Å². The monoisotopic (exact) mass is 464 g/mol. The Kier molecular flexibility index (Phi) is 7.26. The van der Waals surface area contributed by atoms with Crippen molar-refractivity contribution < 1.29 is 14.6 Å². The minimum absolute atomic E-state index is 0.130. The molecule has 0 radical (unpaired) electrons. The summed E-state index contributed by atoms with van der Waals surface area (Å²) in [6.45, 7) is 29.2. The van der Waals surface area contributed by atoms with Crippen LogP contribution in [0.25, 0.3) is 11.1 Å². The molecule has 0 spiro atoms. The van der Waals surface area contributed by atoms with Crippen LogP contribution in [0.3, 0.4) is 0 Å². The van der Waals surface area contributed by atoms with Crippen molar-refractivity contribution in [1.82, 2.24) is 0 Å². The summed E-state index contributed by atoms with van der Waals surface area (Å²) < 4.78 is 5.91. The lowest BCUT2D eigenvalue weighted by Crippen LogP contribution is -2.20. The van der Waals surface area contributed by atoms with Crippen LogP contribution in [0.15, 0.2) is 36.9 Å². The van der Waals surface area contributed by atoms with Gasteiger partial charge in [-0.25, -0.2) is 4.79 Å². The van der Waals surface area contributed by atoms with E-state index in [1.54, 1.807) is 0 Å². The number of phenols is 1. The highest BCUT2D eigenvalue weighted by molar-refractivity contribution is 5.88. The van der Waals surface area contributed by atoms with Gasteiger partial charge in [0, 0.05) is 28.3 Å². The first kappa shape index (κ1) is 27.7. The van der Waals surface area contributed by atoms with Gasteiger partial charge in [0.05, 0.1) is 0 Å². The van der Waals surface area contributed by atoms with Crippen LogP contribution in [-0.4, -0.2) is 11.1 Å². The van der Waals surface area contributed by atoms with Gasteiger partial charge in [0.2, 0.25) is 0 Å². The topological polar surface area (TPSA) is 46.5 Å². The molecule has 0 aliphatic rings. The van der Waals surface area contributed by atoms with E-state index < -0.39 is 5.97 Å². The molecular formula is C31H44O3. The van der Waals surface area contributed by atoms with Crippen molar-refractivity contribution in [1.29, 1.82) is 0 Å². The van der Waals surface area contributed by atoms with E-state index >= 15 is 0 Å². The number of esters is 1. The van der Waals surface area contributed by atoms with Crippen molar-refractivity contribution in [2.75, 3.05) is 0 Å². The zero-order valence-corrected chi connectivity index (χ0v) is 23.4. The largest absolute Gasteiger partial charge is 0.507 e. The summed E-state index contributed by atoms with van der Waals surface area (Å²) in [6.07, 6.45) is 1.18. The second-order valence-electron chi connectivity index (χ2n) is 13.4. The normalized spacial score (nSPS) is 13.1. The third-order valence-corrected chi connectivity index (χ3v) is 6.21. The number of benzene rings is 2. The Labute approximate surface area is 207 Å². The summed E-state index contributed by atoms with van der Waals surface area (Å²) in [4.78, 5) is 12.5. The predicted octanol–water partition coefficient (Wildman–Crippen LogP) is 8.34. The average Bonchev–Trinajstić information content (AvgIpc) is 2.64. The number of aromatic hydroxyl groups is 1. The molecule has 0 fully saturated rings. The van der Waals surface area contributed by atoms with Gasteiger partial charge in [-0.05, 0) is 44.9 Å². The van der Waals surface area contributed by atoms with Gasteiger partial charge in [0.1, 0.15) is 11.5 Å². The standard InChI is InChI=1S/C31H44O3/c1-14-25(32)34-27-22(16-20(29(5,6)7)18-24(27)31(11,12)13)21-15-19(28(2,3)4)17-23(26(21)33)30(8,9)10/h14-18,33H,1H2,2-13H3. The highest BCUT2D eigenvalue weighted by Crippen LogP contribution is 2.48. The SMILES string of the molecule is C=CC(=O)Oc1c(-c2cc(C(C)(C)C)cc(C(C)(C)C)c2O)cc(C(C)(C)C)cc1C(C)(C)C. The van der Waals surface area contributed by atoms with Crippen LogP contribution < -0.4 is 4.74 Å². The molecule has 0 unspecified atom stereocenters. The maximum absolute atomic E-state index is 12.5. The van der Waals surface area contributed by atoms with E-state index in [0.29, 0.717) is 11.3 Å². The van der Waals surface area contributed by atoms with E-state index in [0.717, 1.165) is 27.8 Å². The van der Waals surface area contributed by atoms with E-state index in [-0.39, 0.29) is 27.4 Å². The number of carbonyl (C=O) groups excluding carboxylic acids is 1. The van der Waals surface area contributed by atoms with Gasteiger partial charge in [0.25, 0.3) is 0 Å². The van der Waals surface area contributed by atoms with Crippen molar-refractivity contribution in [2.45, 2.75) is 105 Å². The highest BCUT2D eigenvalue weighted by Gasteiger charge is 2.31. The van der Waals surface area contributed by atoms with E-state index in [1.165, 1.54) is 6.08 Å². The molecule has 34 heavy (non-hydrogen) atoms. The number of hydrogen-bond donors (Lipinski definition) is 1. The van der Waals surface area contributed by atoms with Crippen molar-refractivity contribution in [3.63, 3.8) is 0 Å². The molecule has 0 saturated heterocycles. The van der Waals surface area contributed by atoms with Crippen LogP contribution in [-0.2, 0) is 26.5 Å². The fourth-order valence-corrected chi connectivity index (χ4v) is 3.92. The molecule has 186 valence electrons. The van der Waals surface area contributed by atoms with Crippen LogP contribution >= 0.6 is 0 Å². The van der Waals surface area contributed by atoms with Crippen LogP contribution in [0.4, 0.5) is 0 Å². The predicted molar refractivity (Wildman–Crippen MR) is 144 cm³/mol. The summed E-state index contributed by atoms with van der Waals surface area (Å²) in [5.74, 6) is 0.187. The number of carbonyl (C=O) groups is 1. The minimum Gasteiger partial charge on any atom is -0.507 e. The van der Waals surface area contributed by atoms with Gasteiger partial charge in [-0.1, -0.05) is 102 Å². The first-order chi connectivity index (χ1) is 15.2. The third-order valence-electron chi connectivity index (χ3n) is 6.21. The zero-order valence-electron chi connectivity index (χ0n) is 23.4. The molecule has 3 nitrogen and oxygen atoms in total. The van der Waals surface area contributed by atoms with Crippen molar-refractivity contribution in [3.05, 3.63) is 59.2 Å². The third kappa shape index (κ3) is 5.92. The molecule has 0 aliphatic heterocycles. The molecule has 2 aromatic rings. The Balaban J connectivity index is 3.15. The second kappa shape index (κ2) is 8.91. The van der Waals surface area contributed by atoms with Gasteiger partial charge in [0.15, 0.2) is 0 Å². The smallest absolute Gasteiger partial charge is 0.335 e. The van der Waals surface area contributed by atoms with Crippen LogP contribution in [0.1, 0.15) is 105 Å². The van der Waals surface area contributed by atoms with Gasteiger partial charge >= 0.3 is 5.97 Å². The second-order valence-corrected chi connectivity index (χ2v) is 13.4. The van der Waals surface area contributed by atoms with Crippen molar-refractivity contribution in [3.8, 4) is 22.6 Å². The zero-order chi connectivity index (χ0) is 26.4. The maximum atomic E-state index is 12.5. The summed E-state index contributed by atoms with van der Waals surface area (Å²) in [5, 5.41) is 11.6. The molecule has 0 saturated carbocycles. The number of hydrogen-bond acceptors (Lipinski definition) is 3. The summed E-state index contributed by atoms with van der Waals surface area (Å²) >= 11 is 0. The summed E-state index contributed by atoms with van der Waals surface area (Å²) in [5.41, 5.74) is 4.59. The molecule has 0 aliphatic carbocycles. The molecule has 2 rings (SSSR count). The summed E-state index contributed by atoms with van der Waals surface area (Å²) in [7, 11) is 0. The van der Waals surface area contributed by atoms with Gasteiger partial charge in [-0.3, -0.25) is 0 Å². The quantitative estimate of drug-likeness (QED) is 0.282. The maximum Gasteiger partial charge on any atom is 0.335 e. The molecule has 0 bridgehead atoms. The van der Waals surface area contributed by atoms with Crippen LogP contribution in [0.5, 0.6) is 11.5 Å². The summed E-state index contributed by atoms with van der Waals surface area (Å²) in [6, 6.07) is 8.34. The van der Waals surface area contributed by atoms with E-state index in [1.807, 2.05) is 6.07 Å². The minimum atomic E-state index is -0.516. The fourth-order valence-electron chi connectivity index (χ4n) is 3.92. The number of ether oxygens (including phenoxy) is 1. The molecule has 0 aromatic heterocycles. The Bertz CT molecular complexity index is 1090. The lowest BCUT2D eigenvalue weighted by atomic mass is 9.75. The van der Waals surface area contributed by atoms with E-state index in [2.05, 4.69) is 108 Å². The van der Waals surface area contributed by atoms with Gasteiger partial charge in [-0.2, -0.15) is 0 Å². The lowest BCUT2D eigenvalue weighted by Gasteiger charge is -2.31. The molecule has 3 heteroatoms. The molecule has 0 heterocycles. The molecule has 0 amide bonds. The first-order valence-corrected chi connectivity index (χ1v) is 12.1. The Morgan fingerprint density at radius 3 is 1.50 bits per heavy atom. The van der Waals surface area contributed by atoms with Crippen LogP contribution in [0, 0.1) is 0 Å². The molecule has 1 N–H and O–H groups in total. The highest BCUT2D eigenvalue weighted by atomic mass is 16.5. The molecular weight excluding hydrogens is 420 g/mol.